The topological polar surface area (TPSA) is 103 Å². The summed E-state index contributed by atoms with van der Waals surface area (Å²) in [5.74, 6) is -0.0624. The van der Waals surface area contributed by atoms with Crippen molar-refractivity contribution >= 4 is 11.6 Å². The minimum atomic E-state index is -1.20. The molecule has 0 bridgehead atoms. The molecule has 0 aliphatic rings. The van der Waals surface area contributed by atoms with Crippen molar-refractivity contribution in [3.63, 3.8) is 0 Å². The molecule has 0 aliphatic carbocycles. The summed E-state index contributed by atoms with van der Waals surface area (Å²) in [6, 6.07) is 11.6. The van der Waals surface area contributed by atoms with E-state index in [1.807, 2.05) is 19.1 Å². The maximum atomic E-state index is 13.3. The summed E-state index contributed by atoms with van der Waals surface area (Å²) in [7, 11) is 0. The Kier molecular flexibility index (Phi) is 6.64. The monoisotopic (exact) mass is 495 g/mol. The Morgan fingerprint density at radius 1 is 1.11 bits per heavy atom. The van der Waals surface area contributed by atoms with Crippen LogP contribution in [0.15, 0.2) is 53.5 Å². The fraction of sp³-hybridized carbons (Fsp3) is 0.240. The van der Waals surface area contributed by atoms with Crippen molar-refractivity contribution in [3.8, 4) is 22.8 Å². The van der Waals surface area contributed by atoms with E-state index in [0.29, 0.717) is 22.9 Å². The zero-order chi connectivity index (χ0) is 25.3. The number of ether oxygens (including phenoxy) is 1. The maximum absolute atomic E-state index is 13.3. The Morgan fingerprint density at radius 2 is 1.89 bits per heavy atom. The van der Waals surface area contributed by atoms with Crippen LogP contribution in [0, 0.1) is 19.8 Å². The van der Waals surface area contributed by atoms with Crippen molar-refractivity contribution in [3.05, 3.63) is 92.9 Å². The lowest BCUT2D eigenvalue weighted by Gasteiger charge is -2.17. The molecule has 0 saturated heterocycles. The standard InChI is InChI=1S/C25H23ClFN5O3/c1-14-8-9-16(18-10-11-28-24(31-18)25(3,4)34)12-19(14)32-15(2)29-22(21(26)23(32)33)35-13-17-6-5-7-20(27)30-17/h5-12,34H,13H2,1-4H3. The molecule has 10 heteroatoms. The molecule has 35 heavy (non-hydrogen) atoms. The van der Waals surface area contributed by atoms with Gasteiger partial charge in [-0.3, -0.25) is 9.36 Å². The molecule has 4 aromatic rings. The van der Waals surface area contributed by atoms with Crippen molar-refractivity contribution in [2.75, 3.05) is 0 Å². The lowest BCUT2D eigenvalue weighted by molar-refractivity contribution is 0.0688. The number of pyridine rings is 1. The second-order valence-electron chi connectivity index (χ2n) is 8.48. The van der Waals surface area contributed by atoms with Crippen LogP contribution < -0.4 is 10.3 Å². The lowest BCUT2D eigenvalue weighted by Crippen LogP contribution is -2.24. The Labute approximate surface area is 206 Å². The van der Waals surface area contributed by atoms with E-state index in [1.165, 1.54) is 16.7 Å². The summed E-state index contributed by atoms with van der Waals surface area (Å²) >= 11 is 6.33. The number of aromatic nitrogens is 5. The third-order valence-electron chi connectivity index (χ3n) is 5.24. The van der Waals surface area contributed by atoms with E-state index in [0.717, 1.165) is 11.1 Å². The average molecular weight is 496 g/mol. The number of hydrogen-bond donors (Lipinski definition) is 1. The summed E-state index contributed by atoms with van der Waals surface area (Å²) in [5.41, 5.74) is 1.31. The molecule has 0 aliphatic heterocycles. The molecule has 8 nitrogen and oxygen atoms in total. The van der Waals surface area contributed by atoms with Gasteiger partial charge >= 0.3 is 0 Å². The van der Waals surface area contributed by atoms with Gasteiger partial charge in [0.25, 0.3) is 5.56 Å². The molecular weight excluding hydrogens is 473 g/mol. The molecule has 0 unspecified atom stereocenters. The molecule has 0 atom stereocenters. The van der Waals surface area contributed by atoms with Gasteiger partial charge in [-0.1, -0.05) is 29.8 Å². The smallest absolute Gasteiger partial charge is 0.280 e. The molecule has 0 fully saturated rings. The van der Waals surface area contributed by atoms with Crippen LogP contribution in [0.5, 0.6) is 5.88 Å². The summed E-state index contributed by atoms with van der Waals surface area (Å²) in [5, 5.41) is 10.1. The van der Waals surface area contributed by atoms with Crippen molar-refractivity contribution < 1.29 is 14.2 Å². The van der Waals surface area contributed by atoms with Gasteiger partial charge in [-0.2, -0.15) is 9.37 Å². The second kappa shape index (κ2) is 9.52. The highest BCUT2D eigenvalue weighted by Crippen LogP contribution is 2.27. The first-order valence-corrected chi connectivity index (χ1v) is 11.1. The summed E-state index contributed by atoms with van der Waals surface area (Å²) in [6.07, 6.45) is 1.57. The van der Waals surface area contributed by atoms with E-state index in [9.17, 15) is 14.3 Å². The quantitative estimate of drug-likeness (QED) is 0.398. The SMILES string of the molecule is Cc1ccc(-c2ccnc(C(C)(C)O)n2)cc1-n1c(C)nc(OCc2cccc(F)n2)c(Cl)c1=O. The molecule has 1 aromatic carbocycles. The molecule has 180 valence electrons. The normalized spacial score (nSPS) is 11.5. The highest BCUT2D eigenvalue weighted by atomic mass is 35.5. The average Bonchev–Trinajstić information content (AvgIpc) is 2.81. The molecule has 0 spiro atoms. The van der Waals surface area contributed by atoms with E-state index in [2.05, 4.69) is 19.9 Å². The van der Waals surface area contributed by atoms with E-state index in [-0.39, 0.29) is 23.3 Å². The van der Waals surface area contributed by atoms with Crippen molar-refractivity contribution in [2.24, 2.45) is 0 Å². The number of hydrogen-bond acceptors (Lipinski definition) is 7. The van der Waals surface area contributed by atoms with Crippen LogP contribution in [0.1, 0.15) is 36.8 Å². The highest BCUT2D eigenvalue weighted by Gasteiger charge is 2.21. The number of benzene rings is 1. The van der Waals surface area contributed by atoms with Crippen LogP contribution >= 0.6 is 11.6 Å². The van der Waals surface area contributed by atoms with Crippen LogP contribution in [0.25, 0.3) is 16.9 Å². The lowest BCUT2D eigenvalue weighted by atomic mass is 10.1. The third kappa shape index (κ3) is 5.21. The first-order chi connectivity index (χ1) is 16.5. The zero-order valence-electron chi connectivity index (χ0n) is 19.6. The van der Waals surface area contributed by atoms with Crippen LogP contribution in [0.2, 0.25) is 5.02 Å². The number of rotatable bonds is 6. The Morgan fingerprint density at radius 3 is 2.60 bits per heavy atom. The Bertz CT molecular complexity index is 1470. The van der Waals surface area contributed by atoms with Crippen LogP contribution in [0.3, 0.4) is 0 Å². The van der Waals surface area contributed by atoms with Gasteiger partial charge in [0.1, 0.15) is 18.0 Å². The maximum Gasteiger partial charge on any atom is 0.280 e. The van der Waals surface area contributed by atoms with Crippen molar-refractivity contribution in [1.29, 1.82) is 0 Å². The second-order valence-corrected chi connectivity index (χ2v) is 8.86. The fourth-order valence-electron chi connectivity index (χ4n) is 3.46. The molecule has 4 rings (SSSR count). The van der Waals surface area contributed by atoms with Gasteiger partial charge < -0.3 is 9.84 Å². The van der Waals surface area contributed by atoms with Gasteiger partial charge in [0, 0.05) is 11.8 Å². The van der Waals surface area contributed by atoms with Crippen LogP contribution in [-0.4, -0.2) is 29.6 Å². The van der Waals surface area contributed by atoms with Crippen LogP contribution in [0.4, 0.5) is 4.39 Å². The van der Waals surface area contributed by atoms with Gasteiger partial charge in [-0.25, -0.2) is 15.0 Å². The molecule has 0 amide bonds. The molecular formula is C25H23ClFN5O3. The number of aryl methyl sites for hydroxylation is 2. The Balaban J connectivity index is 1.72. The zero-order valence-corrected chi connectivity index (χ0v) is 20.3. The predicted molar refractivity (Wildman–Crippen MR) is 129 cm³/mol. The summed E-state index contributed by atoms with van der Waals surface area (Å²) in [4.78, 5) is 29.9. The molecule has 0 saturated carbocycles. The summed E-state index contributed by atoms with van der Waals surface area (Å²) in [6.45, 7) is 6.64. The number of nitrogens with zero attached hydrogens (tertiary/aromatic N) is 5. The molecule has 3 heterocycles. The minimum Gasteiger partial charge on any atom is -0.470 e. The van der Waals surface area contributed by atoms with Gasteiger partial charge in [-0.05, 0) is 57.5 Å². The fourth-order valence-corrected chi connectivity index (χ4v) is 3.64. The van der Waals surface area contributed by atoms with E-state index < -0.39 is 17.1 Å². The number of halogens is 2. The van der Waals surface area contributed by atoms with Gasteiger partial charge in [0.05, 0.1) is 17.1 Å². The summed E-state index contributed by atoms with van der Waals surface area (Å²) < 4.78 is 20.3. The van der Waals surface area contributed by atoms with Gasteiger partial charge in [-0.15, -0.1) is 0 Å². The number of aliphatic hydroxyl groups is 1. The van der Waals surface area contributed by atoms with E-state index >= 15 is 0 Å². The third-order valence-corrected chi connectivity index (χ3v) is 5.57. The Hall–Kier alpha value is -3.69. The highest BCUT2D eigenvalue weighted by molar-refractivity contribution is 6.31. The largest absolute Gasteiger partial charge is 0.470 e. The van der Waals surface area contributed by atoms with E-state index in [1.54, 1.807) is 45.2 Å². The van der Waals surface area contributed by atoms with E-state index in [4.69, 9.17) is 16.3 Å². The van der Waals surface area contributed by atoms with Crippen molar-refractivity contribution in [2.45, 2.75) is 39.9 Å². The predicted octanol–water partition coefficient (Wildman–Crippen LogP) is 4.30. The minimum absolute atomic E-state index is 0.0593. The van der Waals surface area contributed by atoms with Gasteiger partial charge in [0.2, 0.25) is 11.8 Å². The van der Waals surface area contributed by atoms with Crippen molar-refractivity contribution in [1.82, 2.24) is 24.5 Å². The molecule has 1 N–H and O–H groups in total. The molecule has 3 aromatic heterocycles. The van der Waals surface area contributed by atoms with Crippen LogP contribution in [-0.2, 0) is 12.2 Å². The first-order valence-electron chi connectivity index (χ1n) is 10.8. The first kappa shape index (κ1) is 24.4. The molecule has 0 radical (unpaired) electrons. The van der Waals surface area contributed by atoms with Gasteiger partial charge in [0.15, 0.2) is 10.8 Å².